The van der Waals surface area contributed by atoms with Crippen LogP contribution in [0, 0.1) is 5.41 Å². The molecule has 0 aromatic heterocycles. The number of hydrogen-bond acceptors (Lipinski definition) is 3. The number of benzene rings is 1. The molecule has 0 saturated heterocycles. The van der Waals surface area contributed by atoms with Crippen molar-refractivity contribution in [3.63, 3.8) is 0 Å². The maximum absolute atomic E-state index is 12.0. The van der Waals surface area contributed by atoms with Gasteiger partial charge in [-0.15, -0.1) is 0 Å². The SMILES string of the molecule is C[C@@](CCc1ccccc1)(C(=O)O)C(=O)OCC(Cl)(Cl)Cl. The lowest BCUT2D eigenvalue weighted by molar-refractivity contribution is -0.167. The largest absolute Gasteiger partial charge is 0.480 e. The zero-order valence-electron chi connectivity index (χ0n) is 11.3. The quantitative estimate of drug-likeness (QED) is 0.482. The molecule has 7 heteroatoms. The molecule has 0 spiro atoms. The summed E-state index contributed by atoms with van der Waals surface area (Å²) in [5.74, 6) is -2.19. The van der Waals surface area contributed by atoms with Crippen molar-refractivity contribution in [2.24, 2.45) is 5.41 Å². The normalized spacial score (nSPS) is 14.3. The Bertz CT molecular complexity index is 499. The Kier molecular flexibility index (Phi) is 6.32. The number of esters is 1. The van der Waals surface area contributed by atoms with Gasteiger partial charge in [-0.05, 0) is 25.3 Å². The first-order chi connectivity index (χ1) is 9.65. The molecule has 0 bridgehead atoms. The molecule has 1 rings (SSSR count). The van der Waals surface area contributed by atoms with Crippen LogP contribution in [-0.4, -0.2) is 27.4 Å². The molecule has 1 aromatic carbocycles. The number of rotatable bonds is 6. The number of carboxylic acids is 1. The highest BCUT2D eigenvalue weighted by atomic mass is 35.6. The van der Waals surface area contributed by atoms with Gasteiger partial charge in [0.25, 0.3) is 0 Å². The van der Waals surface area contributed by atoms with E-state index in [4.69, 9.17) is 39.5 Å². The van der Waals surface area contributed by atoms with Crippen LogP contribution >= 0.6 is 34.8 Å². The van der Waals surface area contributed by atoms with Crippen molar-refractivity contribution in [2.45, 2.75) is 23.6 Å². The van der Waals surface area contributed by atoms with E-state index in [1.165, 1.54) is 6.92 Å². The van der Waals surface area contributed by atoms with E-state index in [2.05, 4.69) is 0 Å². The predicted octanol–water partition coefficient (Wildman–Crippen LogP) is 3.62. The average molecular weight is 354 g/mol. The lowest BCUT2D eigenvalue weighted by atomic mass is 9.84. The zero-order chi connectivity index (χ0) is 16.1. The van der Waals surface area contributed by atoms with Gasteiger partial charge in [0.1, 0.15) is 6.61 Å². The van der Waals surface area contributed by atoms with E-state index < -0.39 is 27.8 Å². The van der Waals surface area contributed by atoms with E-state index in [0.29, 0.717) is 6.42 Å². The van der Waals surface area contributed by atoms with Gasteiger partial charge in [-0.25, -0.2) is 0 Å². The number of alkyl halides is 3. The number of ether oxygens (including phenoxy) is 1. The number of carbonyl (C=O) groups is 2. The summed E-state index contributed by atoms with van der Waals surface area (Å²) in [6.45, 7) is 0.809. The fourth-order valence-corrected chi connectivity index (χ4v) is 1.81. The highest BCUT2D eigenvalue weighted by Gasteiger charge is 2.43. The summed E-state index contributed by atoms with van der Waals surface area (Å²) in [5, 5.41) is 9.31. The Balaban J connectivity index is 2.73. The first kappa shape index (κ1) is 18.1. The molecule has 21 heavy (non-hydrogen) atoms. The van der Waals surface area contributed by atoms with E-state index in [9.17, 15) is 14.7 Å². The smallest absolute Gasteiger partial charge is 0.323 e. The molecule has 0 unspecified atom stereocenters. The van der Waals surface area contributed by atoms with Crippen LogP contribution in [0.3, 0.4) is 0 Å². The third-order valence-corrected chi connectivity index (χ3v) is 3.37. The summed E-state index contributed by atoms with van der Waals surface area (Å²) >= 11 is 16.5. The van der Waals surface area contributed by atoms with Crippen LogP contribution in [0.25, 0.3) is 0 Å². The summed E-state index contributed by atoms with van der Waals surface area (Å²) in [6, 6.07) is 9.25. The van der Waals surface area contributed by atoms with Gasteiger partial charge in [-0.3, -0.25) is 9.59 Å². The van der Waals surface area contributed by atoms with E-state index >= 15 is 0 Å². The van der Waals surface area contributed by atoms with Crippen molar-refractivity contribution in [2.75, 3.05) is 6.61 Å². The van der Waals surface area contributed by atoms with Crippen molar-refractivity contribution < 1.29 is 19.4 Å². The molecule has 1 atom stereocenters. The molecule has 0 fully saturated rings. The standard InChI is InChI=1S/C14H15Cl3O4/c1-13(11(18)19,12(20)21-9-14(15,16)17)8-7-10-5-3-2-4-6-10/h2-6H,7-9H2,1H3,(H,18,19)/t13-/m1/s1. The minimum atomic E-state index is -1.77. The minimum Gasteiger partial charge on any atom is -0.480 e. The fraction of sp³-hybridized carbons (Fsp3) is 0.429. The molecule has 4 nitrogen and oxygen atoms in total. The van der Waals surface area contributed by atoms with Crippen molar-refractivity contribution >= 4 is 46.7 Å². The Hall–Kier alpha value is -0.970. The molecule has 1 aromatic rings. The molecule has 0 amide bonds. The summed E-state index contributed by atoms with van der Waals surface area (Å²) in [5.41, 5.74) is -0.759. The Labute approximate surface area is 137 Å². The van der Waals surface area contributed by atoms with Crippen LogP contribution in [0.4, 0.5) is 0 Å². The van der Waals surface area contributed by atoms with Gasteiger partial charge in [0.2, 0.25) is 3.79 Å². The lowest BCUT2D eigenvalue weighted by Gasteiger charge is -2.24. The minimum absolute atomic E-state index is 0.0883. The van der Waals surface area contributed by atoms with Crippen LogP contribution in [-0.2, 0) is 20.7 Å². The van der Waals surface area contributed by atoms with Crippen LogP contribution < -0.4 is 0 Å². The number of carbonyl (C=O) groups excluding carboxylic acids is 1. The van der Waals surface area contributed by atoms with E-state index in [1.54, 1.807) is 0 Å². The molecule has 0 aliphatic carbocycles. The third-order valence-electron chi connectivity index (χ3n) is 3.05. The average Bonchev–Trinajstić information content (AvgIpc) is 2.42. The summed E-state index contributed by atoms with van der Waals surface area (Å²) in [4.78, 5) is 23.4. The second-order valence-electron chi connectivity index (χ2n) is 4.81. The second-order valence-corrected chi connectivity index (χ2v) is 7.33. The highest BCUT2D eigenvalue weighted by molar-refractivity contribution is 6.67. The van der Waals surface area contributed by atoms with Crippen molar-refractivity contribution in [3.05, 3.63) is 35.9 Å². The van der Waals surface area contributed by atoms with Crippen LogP contribution in [0.15, 0.2) is 30.3 Å². The topological polar surface area (TPSA) is 63.6 Å². The van der Waals surface area contributed by atoms with Gasteiger partial charge in [0.15, 0.2) is 5.41 Å². The van der Waals surface area contributed by atoms with Gasteiger partial charge in [-0.2, -0.15) is 0 Å². The summed E-state index contributed by atoms with van der Waals surface area (Å²) in [7, 11) is 0. The first-order valence-electron chi connectivity index (χ1n) is 6.16. The zero-order valence-corrected chi connectivity index (χ0v) is 13.6. The molecular formula is C14H15Cl3O4. The molecular weight excluding hydrogens is 339 g/mol. The van der Waals surface area contributed by atoms with Crippen LogP contribution in [0.1, 0.15) is 18.9 Å². The van der Waals surface area contributed by atoms with Gasteiger partial charge in [-0.1, -0.05) is 65.1 Å². The number of halogens is 3. The molecule has 116 valence electrons. The Morgan fingerprint density at radius 3 is 2.24 bits per heavy atom. The summed E-state index contributed by atoms with van der Waals surface area (Å²) in [6.07, 6.45) is 0.511. The molecule has 1 N–H and O–H groups in total. The first-order valence-corrected chi connectivity index (χ1v) is 7.30. The maximum atomic E-state index is 12.0. The lowest BCUT2D eigenvalue weighted by Crippen LogP contribution is -2.39. The van der Waals surface area contributed by atoms with Crippen molar-refractivity contribution in [1.29, 1.82) is 0 Å². The molecule has 0 radical (unpaired) electrons. The van der Waals surface area contributed by atoms with Gasteiger partial charge >= 0.3 is 11.9 Å². The third kappa shape index (κ3) is 5.73. The van der Waals surface area contributed by atoms with Crippen LogP contribution in [0.5, 0.6) is 0 Å². The van der Waals surface area contributed by atoms with E-state index in [-0.39, 0.29) is 6.42 Å². The second kappa shape index (κ2) is 7.34. The van der Waals surface area contributed by atoms with Gasteiger partial charge < -0.3 is 9.84 Å². The van der Waals surface area contributed by atoms with Crippen molar-refractivity contribution in [1.82, 2.24) is 0 Å². The fourth-order valence-electron chi connectivity index (χ4n) is 1.64. The van der Waals surface area contributed by atoms with Gasteiger partial charge in [0, 0.05) is 0 Å². The summed E-state index contributed by atoms with van der Waals surface area (Å²) < 4.78 is 3.04. The maximum Gasteiger partial charge on any atom is 0.323 e. The monoisotopic (exact) mass is 352 g/mol. The van der Waals surface area contributed by atoms with E-state index in [1.807, 2.05) is 30.3 Å². The van der Waals surface area contributed by atoms with Gasteiger partial charge in [0.05, 0.1) is 0 Å². The van der Waals surface area contributed by atoms with Crippen LogP contribution in [0.2, 0.25) is 0 Å². The number of aryl methyl sites for hydroxylation is 1. The molecule has 0 heterocycles. The molecule has 0 saturated carbocycles. The van der Waals surface area contributed by atoms with E-state index in [0.717, 1.165) is 5.56 Å². The molecule has 0 aliphatic heterocycles. The predicted molar refractivity (Wildman–Crippen MR) is 81.8 cm³/mol. The Morgan fingerprint density at radius 2 is 1.76 bits per heavy atom. The number of aliphatic carboxylic acids is 1. The molecule has 0 aliphatic rings. The Morgan fingerprint density at radius 1 is 1.19 bits per heavy atom. The van der Waals surface area contributed by atoms with Crippen molar-refractivity contribution in [3.8, 4) is 0 Å². The number of carboxylic acid groups (broad SMARTS) is 1. The number of hydrogen-bond donors (Lipinski definition) is 1. The highest BCUT2D eigenvalue weighted by Crippen LogP contribution is 2.30.